The summed E-state index contributed by atoms with van der Waals surface area (Å²) < 4.78 is 45.6. The highest BCUT2D eigenvalue weighted by atomic mass is 32.2. The van der Waals surface area contributed by atoms with Crippen LogP contribution in [0.5, 0.6) is 0 Å². The van der Waals surface area contributed by atoms with Crippen LogP contribution in [0.15, 0.2) is 21.8 Å². The van der Waals surface area contributed by atoms with Gasteiger partial charge in [-0.3, -0.25) is 0 Å². The first-order valence-electron chi connectivity index (χ1n) is 6.12. The molecular formula is C14H9F3N2OS. The van der Waals surface area contributed by atoms with E-state index in [0.29, 0.717) is 17.7 Å². The van der Waals surface area contributed by atoms with Crippen molar-refractivity contribution in [2.75, 3.05) is 6.26 Å². The van der Waals surface area contributed by atoms with Crippen LogP contribution in [0.1, 0.15) is 22.5 Å². The van der Waals surface area contributed by atoms with Crippen LogP contribution < -0.4 is 0 Å². The second-order valence-corrected chi connectivity index (χ2v) is 5.36. The van der Waals surface area contributed by atoms with E-state index in [4.69, 9.17) is 9.68 Å². The Morgan fingerprint density at radius 3 is 2.76 bits per heavy atom. The van der Waals surface area contributed by atoms with Crippen molar-refractivity contribution in [3.63, 3.8) is 0 Å². The normalized spacial score (nSPS) is 13.5. The Morgan fingerprint density at radius 2 is 2.14 bits per heavy atom. The van der Waals surface area contributed by atoms with E-state index >= 15 is 0 Å². The topological polar surface area (TPSA) is 49.8 Å². The van der Waals surface area contributed by atoms with Crippen LogP contribution in [0.4, 0.5) is 13.2 Å². The van der Waals surface area contributed by atoms with Crippen LogP contribution in [0, 0.1) is 11.3 Å². The summed E-state index contributed by atoms with van der Waals surface area (Å²) in [6, 6.07) is 3.28. The minimum Gasteiger partial charge on any atom is -0.469 e. The Labute approximate surface area is 122 Å². The number of fused-ring (bicyclic) bond motifs is 3. The molecule has 0 amide bonds. The average Bonchev–Trinajstić information content (AvgIpc) is 2.92. The minimum absolute atomic E-state index is 0.0887. The third-order valence-corrected chi connectivity index (χ3v) is 4.14. The molecule has 21 heavy (non-hydrogen) atoms. The van der Waals surface area contributed by atoms with Crippen molar-refractivity contribution in [2.45, 2.75) is 24.0 Å². The van der Waals surface area contributed by atoms with Gasteiger partial charge in [0.15, 0.2) is 0 Å². The number of furan rings is 1. The monoisotopic (exact) mass is 310 g/mol. The Balaban J connectivity index is 2.40. The number of aromatic nitrogens is 1. The van der Waals surface area contributed by atoms with Gasteiger partial charge in [-0.15, -0.1) is 11.8 Å². The number of halogens is 3. The van der Waals surface area contributed by atoms with Crippen molar-refractivity contribution in [2.24, 2.45) is 0 Å². The Bertz CT molecular complexity index is 759. The van der Waals surface area contributed by atoms with E-state index < -0.39 is 11.7 Å². The first-order chi connectivity index (χ1) is 9.97. The lowest BCUT2D eigenvalue weighted by Crippen LogP contribution is -2.18. The molecule has 0 aromatic carbocycles. The molecule has 0 aliphatic heterocycles. The molecule has 1 aliphatic rings. The van der Waals surface area contributed by atoms with Gasteiger partial charge in [0.25, 0.3) is 0 Å². The van der Waals surface area contributed by atoms with Gasteiger partial charge < -0.3 is 4.42 Å². The second-order valence-electron chi connectivity index (χ2n) is 4.57. The average molecular weight is 310 g/mol. The Hall–Kier alpha value is -1.94. The van der Waals surface area contributed by atoms with Crippen molar-refractivity contribution < 1.29 is 17.6 Å². The molecule has 0 atom stereocenters. The van der Waals surface area contributed by atoms with Gasteiger partial charge in [0, 0.05) is 12.0 Å². The predicted molar refractivity (Wildman–Crippen MR) is 70.8 cm³/mol. The number of nitriles is 1. The molecule has 7 heteroatoms. The maximum Gasteiger partial charge on any atom is 0.418 e. The summed E-state index contributed by atoms with van der Waals surface area (Å²) in [6.07, 6.45) is -0.977. The van der Waals surface area contributed by atoms with Gasteiger partial charge in [0.05, 0.1) is 23.1 Å². The van der Waals surface area contributed by atoms with E-state index in [1.54, 1.807) is 18.4 Å². The maximum atomic E-state index is 13.4. The zero-order chi connectivity index (χ0) is 15.2. The largest absolute Gasteiger partial charge is 0.469 e. The fourth-order valence-electron chi connectivity index (χ4n) is 2.62. The fraction of sp³-hybridized carbons (Fsp3) is 0.286. The molecule has 0 unspecified atom stereocenters. The molecule has 3 nitrogen and oxygen atoms in total. The van der Waals surface area contributed by atoms with Gasteiger partial charge in [0.2, 0.25) is 0 Å². The molecule has 0 bridgehead atoms. The quantitative estimate of drug-likeness (QED) is 0.746. The van der Waals surface area contributed by atoms with E-state index in [9.17, 15) is 13.2 Å². The van der Waals surface area contributed by atoms with Crippen molar-refractivity contribution in [3.8, 4) is 17.3 Å². The molecule has 0 saturated heterocycles. The maximum absolute atomic E-state index is 13.4. The standard InChI is InChI=1S/C14H9F3N2OS/c1-21-13-9(6-18)11(14(15,16)17)8-2-3-10-7(4-5-20-10)12(8)19-13/h4-5H,2-3H2,1H3. The number of alkyl halides is 3. The van der Waals surface area contributed by atoms with Crippen molar-refractivity contribution >= 4 is 11.8 Å². The lowest BCUT2D eigenvalue weighted by molar-refractivity contribution is -0.138. The third kappa shape index (κ3) is 2.10. The highest BCUT2D eigenvalue weighted by Gasteiger charge is 2.40. The summed E-state index contributed by atoms with van der Waals surface area (Å²) in [5.41, 5.74) is -0.292. The fourth-order valence-corrected chi connectivity index (χ4v) is 3.15. The highest BCUT2D eigenvalue weighted by Crippen LogP contribution is 2.44. The lowest BCUT2D eigenvalue weighted by atomic mass is 9.89. The van der Waals surface area contributed by atoms with Crippen LogP contribution >= 0.6 is 11.8 Å². The molecule has 2 aromatic heterocycles. The molecule has 1 aliphatic carbocycles. The number of pyridine rings is 1. The van der Waals surface area contributed by atoms with Crippen molar-refractivity contribution in [3.05, 3.63) is 34.8 Å². The molecule has 0 spiro atoms. The molecule has 3 rings (SSSR count). The number of aryl methyl sites for hydroxylation is 1. The number of hydrogen-bond donors (Lipinski definition) is 0. The summed E-state index contributed by atoms with van der Waals surface area (Å²) in [5.74, 6) is 0.639. The molecule has 2 aromatic rings. The number of rotatable bonds is 1. The second kappa shape index (κ2) is 4.81. The predicted octanol–water partition coefficient (Wildman–Crippen LogP) is 4.05. The summed E-state index contributed by atoms with van der Waals surface area (Å²) in [6.45, 7) is 0. The van der Waals surface area contributed by atoms with Crippen molar-refractivity contribution in [1.29, 1.82) is 5.26 Å². The molecule has 2 heterocycles. The Morgan fingerprint density at radius 1 is 1.38 bits per heavy atom. The summed E-state index contributed by atoms with van der Waals surface area (Å²) in [7, 11) is 0. The summed E-state index contributed by atoms with van der Waals surface area (Å²) in [4.78, 5) is 4.27. The first-order valence-corrected chi connectivity index (χ1v) is 7.34. The van der Waals surface area contributed by atoms with Gasteiger partial charge in [-0.25, -0.2) is 4.98 Å². The van der Waals surface area contributed by atoms with Crippen LogP contribution in [0.2, 0.25) is 0 Å². The number of thioether (sulfide) groups is 1. The molecule has 0 saturated carbocycles. The van der Waals surface area contributed by atoms with E-state index in [0.717, 1.165) is 11.8 Å². The van der Waals surface area contributed by atoms with Crippen LogP contribution in [0.25, 0.3) is 11.3 Å². The molecule has 108 valence electrons. The SMILES string of the molecule is CSc1nc2c(c(C(F)(F)F)c1C#N)CCc1occc1-2. The zero-order valence-electron chi connectivity index (χ0n) is 10.9. The van der Waals surface area contributed by atoms with E-state index in [-0.39, 0.29) is 28.3 Å². The molecule has 0 N–H and O–H groups in total. The highest BCUT2D eigenvalue weighted by molar-refractivity contribution is 7.98. The third-order valence-electron chi connectivity index (χ3n) is 3.46. The first kappa shape index (κ1) is 14.0. The number of nitrogens with zero attached hydrogens (tertiary/aromatic N) is 2. The molecule has 0 fully saturated rings. The van der Waals surface area contributed by atoms with E-state index in [1.165, 1.54) is 6.26 Å². The lowest BCUT2D eigenvalue weighted by Gasteiger charge is -2.22. The summed E-state index contributed by atoms with van der Waals surface area (Å²) in [5, 5.41) is 9.22. The minimum atomic E-state index is -4.58. The van der Waals surface area contributed by atoms with Gasteiger partial charge in [-0.2, -0.15) is 18.4 Å². The molecule has 0 radical (unpaired) electrons. The number of hydrogen-bond acceptors (Lipinski definition) is 4. The van der Waals surface area contributed by atoms with Crippen LogP contribution in [0.3, 0.4) is 0 Å². The molecular weight excluding hydrogens is 301 g/mol. The van der Waals surface area contributed by atoms with Gasteiger partial charge in [-0.1, -0.05) is 0 Å². The Kier molecular flexibility index (Phi) is 3.21. The van der Waals surface area contributed by atoms with Gasteiger partial charge in [-0.05, 0) is 24.3 Å². The summed E-state index contributed by atoms with van der Waals surface area (Å²) >= 11 is 1.04. The van der Waals surface area contributed by atoms with E-state index in [1.807, 2.05) is 0 Å². The van der Waals surface area contributed by atoms with E-state index in [2.05, 4.69) is 4.98 Å². The van der Waals surface area contributed by atoms with Crippen LogP contribution in [-0.2, 0) is 19.0 Å². The van der Waals surface area contributed by atoms with Gasteiger partial charge in [0.1, 0.15) is 16.9 Å². The smallest absolute Gasteiger partial charge is 0.418 e. The zero-order valence-corrected chi connectivity index (χ0v) is 11.7. The van der Waals surface area contributed by atoms with Gasteiger partial charge >= 0.3 is 6.18 Å². The van der Waals surface area contributed by atoms with Crippen molar-refractivity contribution in [1.82, 2.24) is 4.98 Å². The van der Waals surface area contributed by atoms with Crippen LogP contribution in [-0.4, -0.2) is 11.2 Å².